The number of alkyl halides is 3. The van der Waals surface area contributed by atoms with Crippen LogP contribution >= 0.6 is 0 Å². The summed E-state index contributed by atoms with van der Waals surface area (Å²) in [5.41, 5.74) is 2.23. The van der Waals surface area contributed by atoms with E-state index in [1.54, 1.807) is 40.7 Å². The van der Waals surface area contributed by atoms with E-state index in [2.05, 4.69) is 15.4 Å². The lowest BCUT2D eigenvalue weighted by Crippen LogP contribution is -2.31. The van der Waals surface area contributed by atoms with Crippen molar-refractivity contribution in [1.29, 1.82) is 0 Å². The molecule has 0 bridgehead atoms. The van der Waals surface area contributed by atoms with Crippen LogP contribution in [0.4, 0.5) is 13.2 Å². The number of nitrogens with one attached hydrogen (secondary N) is 1. The summed E-state index contributed by atoms with van der Waals surface area (Å²) in [5, 5.41) is 17.7. The van der Waals surface area contributed by atoms with Crippen LogP contribution in [0.2, 0.25) is 0 Å². The van der Waals surface area contributed by atoms with Gasteiger partial charge in [-0.2, -0.15) is 18.3 Å². The molecule has 0 saturated heterocycles. The van der Waals surface area contributed by atoms with E-state index in [0.29, 0.717) is 27.8 Å². The van der Waals surface area contributed by atoms with Gasteiger partial charge in [-0.15, -0.1) is 0 Å². The molecule has 5 aromatic rings. The molecule has 0 aliphatic carbocycles. The lowest BCUT2D eigenvalue weighted by Gasteiger charge is -2.16. The smallest absolute Gasteiger partial charge is 0.394 e. The number of hydrogen-bond acceptors (Lipinski definition) is 4. The second-order valence-electron chi connectivity index (χ2n) is 8.10. The first-order valence-corrected chi connectivity index (χ1v) is 10.8. The third kappa shape index (κ3) is 4.12. The molecule has 10 heteroatoms. The number of nitrogens with zero attached hydrogens (tertiary/aromatic N) is 4. The second-order valence-corrected chi connectivity index (χ2v) is 8.10. The predicted octanol–water partition coefficient (Wildman–Crippen LogP) is 4.39. The fourth-order valence-electron chi connectivity index (χ4n) is 4.09. The Balaban J connectivity index is 1.56. The van der Waals surface area contributed by atoms with Gasteiger partial charge >= 0.3 is 6.18 Å². The molecule has 178 valence electrons. The van der Waals surface area contributed by atoms with Crippen LogP contribution in [-0.2, 0) is 13.2 Å². The number of carbonyl (C=O) groups is 1. The molecule has 0 saturated carbocycles. The average molecular weight is 479 g/mol. The number of aliphatic hydroxyl groups excluding tert-OH is 1. The Kier molecular flexibility index (Phi) is 5.52. The number of benzene rings is 2. The van der Waals surface area contributed by atoms with Gasteiger partial charge in [0.15, 0.2) is 5.65 Å². The van der Waals surface area contributed by atoms with Gasteiger partial charge in [-0.3, -0.25) is 14.0 Å². The summed E-state index contributed by atoms with van der Waals surface area (Å²) in [6.07, 6.45) is -2.69. The van der Waals surface area contributed by atoms with Gasteiger partial charge in [-0.25, -0.2) is 4.98 Å². The molecule has 3 aromatic heterocycles. The van der Waals surface area contributed by atoms with E-state index in [4.69, 9.17) is 0 Å². The minimum atomic E-state index is -4.44. The number of halogens is 3. The summed E-state index contributed by atoms with van der Waals surface area (Å²) in [6.45, 7) is -0.283. The minimum Gasteiger partial charge on any atom is -0.394 e. The van der Waals surface area contributed by atoms with Gasteiger partial charge in [0.1, 0.15) is 11.2 Å². The highest BCUT2D eigenvalue weighted by molar-refractivity contribution is 6.07. The van der Waals surface area contributed by atoms with Crippen molar-refractivity contribution in [3.63, 3.8) is 0 Å². The van der Waals surface area contributed by atoms with E-state index in [-0.39, 0.29) is 12.3 Å². The van der Waals surface area contributed by atoms with Crippen LogP contribution in [0.5, 0.6) is 0 Å². The SMILES string of the molecule is Cn1cc2c3nc(C(=O)NC(CO)c4ccccc4)ccc3n(-c3ccc(C(F)(F)F)cc3)c2n1. The van der Waals surface area contributed by atoms with E-state index >= 15 is 0 Å². The molecule has 35 heavy (non-hydrogen) atoms. The molecule has 0 radical (unpaired) electrons. The molecule has 3 heterocycles. The van der Waals surface area contributed by atoms with E-state index in [1.807, 2.05) is 18.2 Å². The van der Waals surface area contributed by atoms with Gasteiger partial charge in [-0.1, -0.05) is 30.3 Å². The zero-order valence-corrected chi connectivity index (χ0v) is 18.5. The number of aromatic nitrogens is 4. The van der Waals surface area contributed by atoms with Gasteiger partial charge in [0.25, 0.3) is 5.91 Å². The maximum Gasteiger partial charge on any atom is 0.416 e. The summed E-state index contributed by atoms with van der Waals surface area (Å²) in [5.74, 6) is -0.464. The quantitative estimate of drug-likeness (QED) is 0.392. The summed E-state index contributed by atoms with van der Waals surface area (Å²) in [6, 6.07) is 16.5. The largest absolute Gasteiger partial charge is 0.416 e. The molecule has 1 amide bonds. The van der Waals surface area contributed by atoms with E-state index < -0.39 is 23.7 Å². The predicted molar refractivity (Wildman–Crippen MR) is 124 cm³/mol. The van der Waals surface area contributed by atoms with Gasteiger partial charge in [-0.05, 0) is 42.0 Å². The van der Waals surface area contributed by atoms with Crippen molar-refractivity contribution in [1.82, 2.24) is 24.6 Å². The number of rotatable bonds is 5. The van der Waals surface area contributed by atoms with Gasteiger partial charge in [0, 0.05) is 18.9 Å². The first-order valence-electron chi connectivity index (χ1n) is 10.8. The van der Waals surface area contributed by atoms with E-state index in [9.17, 15) is 23.1 Å². The molecule has 5 rings (SSSR count). The monoisotopic (exact) mass is 479 g/mol. The Morgan fingerprint density at radius 3 is 2.43 bits per heavy atom. The highest BCUT2D eigenvalue weighted by atomic mass is 19.4. The molecule has 1 atom stereocenters. The standard InChI is InChI=1S/C25H20F3N5O2/c1-32-13-18-22-21(33(23(18)31-32)17-9-7-16(8-10-17)25(26,27)28)12-11-19(29-22)24(35)30-20(14-34)15-5-3-2-4-6-15/h2-13,20,34H,14H2,1H3,(H,30,35). The zero-order valence-electron chi connectivity index (χ0n) is 18.5. The Morgan fingerprint density at radius 2 is 1.77 bits per heavy atom. The molecule has 2 aromatic carbocycles. The Morgan fingerprint density at radius 1 is 1.06 bits per heavy atom. The fraction of sp³-hybridized carbons (Fsp3) is 0.160. The molecule has 0 aliphatic rings. The number of aliphatic hydroxyl groups is 1. The first kappa shape index (κ1) is 22.6. The zero-order chi connectivity index (χ0) is 24.7. The Labute approximate surface area is 197 Å². The van der Waals surface area contributed by atoms with Crippen molar-refractivity contribution in [3.05, 3.63) is 89.7 Å². The van der Waals surface area contributed by atoms with Gasteiger partial charge in [0.05, 0.1) is 29.1 Å². The minimum absolute atomic E-state index is 0.141. The van der Waals surface area contributed by atoms with Crippen LogP contribution in [0.3, 0.4) is 0 Å². The maximum absolute atomic E-state index is 13.0. The molecule has 0 aliphatic heterocycles. The number of amides is 1. The third-order valence-electron chi connectivity index (χ3n) is 5.77. The average Bonchev–Trinajstić information content (AvgIpc) is 3.36. The Bertz CT molecular complexity index is 1520. The summed E-state index contributed by atoms with van der Waals surface area (Å²) < 4.78 is 42.4. The second kappa shape index (κ2) is 8.55. The molecular weight excluding hydrogens is 459 g/mol. The third-order valence-corrected chi connectivity index (χ3v) is 5.77. The number of fused-ring (bicyclic) bond motifs is 3. The summed E-state index contributed by atoms with van der Waals surface area (Å²) >= 11 is 0. The fourth-order valence-corrected chi connectivity index (χ4v) is 4.09. The molecule has 0 spiro atoms. The number of hydrogen-bond donors (Lipinski definition) is 2. The van der Waals surface area contributed by atoms with Crippen LogP contribution in [0.1, 0.15) is 27.7 Å². The lowest BCUT2D eigenvalue weighted by molar-refractivity contribution is -0.137. The summed E-state index contributed by atoms with van der Waals surface area (Å²) in [7, 11) is 1.73. The van der Waals surface area contributed by atoms with Crippen molar-refractivity contribution in [2.75, 3.05) is 6.61 Å². The van der Waals surface area contributed by atoms with Crippen LogP contribution in [0.15, 0.2) is 72.9 Å². The van der Waals surface area contributed by atoms with Crippen molar-refractivity contribution in [2.45, 2.75) is 12.2 Å². The first-order chi connectivity index (χ1) is 16.8. The van der Waals surface area contributed by atoms with Crippen molar-refractivity contribution < 1.29 is 23.1 Å². The lowest BCUT2D eigenvalue weighted by atomic mass is 10.1. The number of pyridine rings is 1. The normalized spacial score (nSPS) is 12.8. The van der Waals surface area contributed by atoms with E-state index in [0.717, 1.165) is 17.7 Å². The highest BCUT2D eigenvalue weighted by Gasteiger charge is 2.30. The van der Waals surface area contributed by atoms with Gasteiger partial charge in [0.2, 0.25) is 0 Å². The van der Waals surface area contributed by atoms with Gasteiger partial charge < -0.3 is 10.4 Å². The highest BCUT2D eigenvalue weighted by Crippen LogP contribution is 2.33. The number of aryl methyl sites for hydroxylation is 1. The Hall–Kier alpha value is -4.18. The van der Waals surface area contributed by atoms with Crippen molar-refractivity contribution in [3.8, 4) is 5.69 Å². The molecule has 7 nitrogen and oxygen atoms in total. The van der Waals surface area contributed by atoms with Crippen LogP contribution in [-0.4, -0.2) is 37.0 Å². The van der Waals surface area contributed by atoms with Crippen LogP contribution in [0.25, 0.3) is 27.8 Å². The summed E-state index contributed by atoms with van der Waals surface area (Å²) in [4.78, 5) is 17.5. The van der Waals surface area contributed by atoms with Crippen LogP contribution < -0.4 is 5.32 Å². The van der Waals surface area contributed by atoms with Crippen LogP contribution in [0, 0.1) is 0 Å². The molecule has 1 unspecified atom stereocenters. The topological polar surface area (TPSA) is 85.0 Å². The van der Waals surface area contributed by atoms with E-state index in [1.165, 1.54) is 18.2 Å². The van der Waals surface area contributed by atoms with Crippen molar-refractivity contribution in [2.24, 2.45) is 7.05 Å². The number of carbonyl (C=O) groups excluding carboxylic acids is 1. The molecule has 2 N–H and O–H groups in total. The molecule has 0 fully saturated rings. The van der Waals surface area contributed by atoms with Crippen molar-refractivity contribution >= 4 is 28.0 Å². The maximum atomic E-state index is 13.0. The molecular formula is C25H20F3N5O2.